The van der Waals surface area contributed by atoms with E-state index in [1.807, 2.05) is 0 Å². The van der Waals surface area contributed by atoms with Gasteiger partial charge in [-0.25, -0.2) is 9.37 Å². The van der Waals surface area contributed by atoms with Gasteiger partial charge in [0.05, 0.1) is 11.8 Å². The molecule has 0 bridgehead atoms. The van der Waals surface area contributed by atoms with Gasteiger partial charge in [0.2, 0.25) is 5.89 Å². The maximum absolute atomic E-state index is 13.0. The molecular weight excluding hydrogens is 225 g/mol. The third-order valence-electron chi connectivity index (χ3n) is 2.52. The molecule has 0 saturated carbocycles. The molecule has 4 nitrogen and oxygen atoms in total. The number of benzene rings is 1. The van der Waals surface area contributed by atoms with E-state index in [9.17, 15) is 9.18 Å². The molecule has 2 rings (SSSR count). The average Bonchev–Trinajstić information content (AvgIpc) is 2.58. The lowest BCUT2D eigenvalue weighted by molar-refractivity contribution is -0.138. The second-order valence-corrected chi connectivity index (χ2v) is 4.59. The standard InChI is InChI=1S/C12H12FNO3/c1-12(2,6-10(15)16)11-14-8-4-3-7(13)5-9(8)17-11/h3-5H,6H2,1-2H3,(H,15,16). The number of carbonyl (C=O) groups is 1. The number of aliphatic carboxylic acids is 1. The Hall–Kier alpha value is -1.91. The van der Waals surface area contributed by atoms with Crippen molar-refractivity contribution in [1.29, 1.82) is 0 Å². The number of carboxylic acids is 1. The largest absolute Gasteiger partial charge is 0.481 e. The van der Waals surface area contributed by atoms with E-state index in [-0.39, 0.29) is 6.42 Å². The smallest absolute Gasteiger partial charge is 0.304 e. The molecule has 1 N–H and O–H groups in total. The van der Waals surface area contributed by atoms with E-state index in [2.05, 4.69) is 4.98 Å². The van der Waals surface area contributed by atoms with Crippen LogP contribution in [0.15, 0.2) is 22.6 Å². The summed E-state index contributed by atoms with van der Waals surface area (Å²) in [6.07, 6.45) is -0.0949. The fourth-order valence-corrected chi connectivity index (χ4v) is 1.64. The van der Waals surface area contributed by atoms with Gasteiger partial charge in [-0.05, 0) is 12.1 Å². The van der Waals surface area contributed by atoms with E-state index in [4.69, 9.17) is 9.52 Å². The molecule has 0 radical (unpaired) electrons. The molecule has 0 amide bonds. The van der Waals surface area contributed by atoms with Crippen LogP contribution < -0.4 is 0 Å². The van der Waals surface area contributed by atoms with Crippen molar-refractivity contribution < 1.29 is 18.7 Å². The van der Waals surface area contributed by atoms with Crippen LogP contribution in [-0.2, 0) is 10.2 Å². The monoisotopic (exact) mass is 237 g/mol. The fourth-order valence-electron chi connectivity index (χ4n) is 1.64. The first-order valence-electron chi connectivity index (χ1n) is 5.17. The number of oxazole rings is 1. The zero-order chi connectivity index (χ0) is 12.6. The van der Waals surface area contributed by atoms with Crippen molar-refractivity contribution in [3.05, 3.63) is 29.9 Å². The summed E-state index contributed by atoms with van der Waals surface area (Å²) in [5.74, 6) is -1.03. The van der Waals surface area contributed by atoms with Crippen LogP contribution in [0.3, 0.4) is 0 Å². The molecule has 1 heterocycles. The summed E-state index contributed by atoms with van der Waals surface area (Å²) in [5, 5.41) is 8.80. The first kappa shape index (κ1) is 11.6. The molecule has 0 aliphatic carbocycles. The molecule has 5 heteroatoms. The van der Waals surface area contributed by atoms with Gasteiger partial charge in [0.15, 0.2) is 5.58 Å². The second-order valence-electron chi connectivity index (χ2n) is 4.59. The van der Waals surface area contributed by atoms with Gasteiger partial charge in [-0.2, -0.15) is 0 Å². The maximum atomic E-state index is 13.0. The van der Waals surface area contributed by atoms with Gasteiger partial charge in [0, 0.05) is 6.07 Å². The van der Waals surface area contributed by atoms with E-state index in [0.29, 0.717) is 17.0 Å². The van der Waals surface area contributed by atoms with E-state index in [1.165, 1.54) is 18.2 Å². The normalized spacial score (nSPS) is 11.9. The minimum atomic E-state index is -0.927. The Morgan fingerprint density at radius 2 is 2.24 bits per heavy atom. The number of aromatic nitrogens is 1. The molecule has 2 aromatic rings. The quantitative estimate of drug-likeness (QED) is 0.891. The maximum Gasteiger partial charge on any atom is 0.304 e. The number of fused-ring (bicyclic) bond motifs is 1. The fraction of sp³-hybridized carbons (Fsp3) is 0.333. The number of nitrogens with zero attached hydrogens (tertiary/aromatic N) is 1. The van der Waals surface area contributed by atoms with Gasteiger partial charge < -0.3 is 9.52 Å². The van der Waals surface area contributed by atoms with Crippen LogP contribution in [0.25, 0.3) is 11.1 Å². The van der Waals surface area contributed by atoms with Crippen LogP contribution >= 0.6 is 0 Å². The summed E-state index contributed by atoms with van der Waals surface area (Å²) in [5.41, 5.74) is 0.139. The van der Waals surface area contributed by atoms with Crippen LogP contribution in [0, 0.1) is 5.82 Å². The summed E-state index contributed by atoms with van der Waals surface area (Å²) in [4.78, 5) is 14.9. The Labute approximate surface area is 97.1 Å². The number of rotatable bonds is 3. The average molecular weight is 237 g/mol. The lowest BCUT2D eigenvalue weighted by Crippen LogP contribution is -2.21. The predicted octanol–water partition coefficient (Wildman–Crippen LogP) is 2.72. The molecule has 0 aliphatic heterocycles. The topological polar surface area (TPSA) is 63.3 Å². The summed E-state index contributed by atoms with van der Waals surface area (Å²) < 4.78 is 18.4. The third kappa shape index (κ3) is 2.27. The minimum Gasteiger partial charge on any atom is -0.481 e. The van der Waals surface area contributed by atoms with E-state index in [1.54, 1.807) is 13.8 Å². The number of hydrogen-bond donors (Lipinski definition) is 1. The summed E-state index contributed by atoms with van der Waals surface area (Å²) in [7, 11) is 0. The minimum absolute atomic E-state index is 0.0949. The molecule has 1 aromatic carbocycles. The third-order valence-corrected chi connectivity index (χ3v) is 2.52. The molecule has 0 saturated heterocycles. The molecule has 90 valence electrons. The first-order valence-corrected chi connectivity index (χ1v) is 5.17. The van der Waals surface area contributed by atoms with Crippen LogP contribution in [0.5, 0.6) is 0 Å². The predicted molar refractivity (Wildman–Crippen MR) is 59.2 cm³/mol. The van der Waals surface area contributed by atoms with Crippen molar-refractivity contribution in [1.82, 2.24) is 4.98 Å². The molecule has 0 fully saturated rings. The van der Waals surface area contributed by atoms with Crippen molar-refractivity contribution in [2.75, 3.05) is 0 Å². The highest BCUT2D eigenvalue weighted by atomic mass is 19.1. The highest BCUT2D eigenvalue weighted by Crippen LogP contribution is 2.29. The zero-order valence-corrected chi connectivity index (χ0v) is 9.53. The van der Waals surface area contributed by atoms with Crippen LogP contribution in [0.2, 0.25) is 0 Å². The highest BCUT2D eigenvalue weighted by Gasteiger charge is 2.29. The van der Waals surface area contributed by atoms with E-state index < -0.39 is 17.2 Å². The summed E-state index contributed by atoms with van der Waals surface area (Å²) in [6, 6.07) is 4.04. The first-order chi connectivity index (χ1) is 7.88. The Kier molecular flexibility index (Phi) is 2.61. The van der Waals surface area contributed by atoms with Crippen molar-refractivity contribution in [2.24, 2.45) is 0 Å². The zero-order valence-electron chi connectivity index (χ0n) is 9.53. The molecule has 0 spiro atoms. The molecule has 1 aromatic heterocycles. The molecular formula is C12H12FNO3. The Bertz CT molecular complexity index is 574. The lowest BCUT2D eigenvalue weighted by atomic mass is 9.89. The molecule has 0 unspecified atom stereocenters. The SMILES string of the molecule is CC(C)(CC(=O)O)c1nc2ccc(F)cc2o1. The van der Waals surface area contributed by atoms with Crippen molar-refractivity contribution in [2.45, 2.75) is 25.7 Å². The van der Waals surface area contributed by atoms with Gasteiger partial charge in [0.1, 0.15) is 11.3 Å². The molecule has 0 atom stereocenters. The Morgan fingerprint density at radius 1 is 1.53 bits per heavy atom. The van der Waals surface area contributed by atoms with Crippen molar-refractivity contribution >= 4 is 17.1 Å². The van der Waals surface area contributed by atoms with Gasteiger partial charge in [-0.3, -0.25) is 4.79 Å². The Morgan fingerprint density at radius 3 is 2.88 bits per heavy atom. The number of halogens is 1. The molecule has 17 heavy (non-hydrogen) atoms. The van der Waals surface area contributed by atoms with E-state index in [0.717, 1.165) is 0 Å². The number of hydrogen-bond acceptors (Lipinski definition) is 3. The lowest BCUT2D eigenvalue weighted by Gasteiger charge is -2.17. The van der Waals surface area contributed by atoms with Gasteiger partial charge in [-0.15, -0.1) is 0 Å². The number of carboxylic acid groups (broad SMARTS) is 1. The van der Waals surface area contributed by atoms with Crippen LogP contribution in [-0.4, -0.2) is 16.1 Å². The second kappa shape index (κ2) is 3.84. The highest BCUT2D eigenvalue weighted by molar-refractivity contribution is 5.73. The van der Waals surface area contributed by atoms with E-state index >= 15 is 0 Å². The van der Waals surface area contributed by atoms with Crippen LogP contribution in [0.4, 0.5) is 4.39 Å². The Balaban J connectivity index is 2.45. The van der Waals surface area contributed by atoms with Crippen molar-refractivity contribution in [3.63, 3.8) is 0 Å². The van der Waals surface area contributed by atoms with Crippen molar-refractivity contribution in [3.8, 4) is 0 Å². The van der Waals surface area contributed by atoms with Gasteiger partial charge in [0.25, 0.3) is 0 Å². The summed E-state index contributed by atoms with van der Waals surface area (Å²) >= 11 is 0. The summed E-state index contributed by atoms with van der Waals surface area (Å²) in [6.45, 7) is 3.45. The van der Waals surface area contributed by atoms with Crippen LogP contribution in [0.1, 0.15) is 26.2 Å². The van der Waals surface area contributed by atoms with Gasteiger partial charge >= 0.3 is 5.97 Å². The van der Waals surface area contributed by atoms with Gasteiger partial charge in [-0.1, -0.05) is 13.8 Å². The molecule has 0 aliphatic rings.